The predicted molar refractivity (Wildman–Crippen MR) is 71.6 cm³/mol. The Labute approximate surface area is 111 Å². The van der Waals surface area contributed by atoms with Crippen LogP contribution in [0.3, 0.4) is 0 Å². The first kappa shape index (κ1) is 12.8. The number of carbonyl (C=O) groups is 1. The molecule has 0 spiro atoms. The first-order chi connectivity index (χ1) is 9.10. The van der Waals surface area contributed by atoms with E-state index in [-0.39, 0.29) is 12.3 Å². The van der Waals surface area contributed by atoms with Crippen molar-refractivity contribution in [3.8, 4) is 6.07 Å². The van der Waals surface area contributed by atoms with Crippen LogP contribution in [0.15, 0.2) is 24.3 Å². The number of nitrogens with zero attached hydrogens (tertiary/aromatic N) is 2. The fraction of sp³-hybridized carbons (Fsp3) is 0.214. The molecule has 1 heterocycles. The van der Waals surface area contributed by atoms with Gasteiger partial charge in [-0.25, -0.2) is 0 Å². The van der Waals surface area contributed by atoms with Crippen LogP contribution in [0.5, 0.6) is 0 Å². The van der Waals surface area contributed by atoms with Crippen LogP contribution in [0, 0.1) is 25.2 Å². The van der Waals surface area contributed by atoms with Gasteiger partial charge in [0.2, 0.25) is 5.91 Å². The molecule has 2 aromatic rings. The van der Waals surface area contributed by atoms with Gasteiger partial charge in [0.25, 0.3) is 0 Å². The van der Waals surface area contributed by atoms with Gasteiger partial charge >= 0.3 is 0 Å². The van der Waals surface area contributed by atoms with Gasteiger partial charge in [0.1, 0.15) is 0 Å². The average molecular weight is 254 g/mol. The highest BCUT2D eigenvalue weighted by Gasteiger charge is 2.10. The number of hydrogen-bond donors (Lipinski definition) is 2. The summed E-state index contributed by atoms with van der Waals surface area (Å²) in [5, 5.41) is 18.4. The van der Waals surface area contributed by atoms with Crippen molar-refractivity contribution in [3.63, 3.8) is 0 Å². The Balaban J connectivity index is 2.03. The van der Waals surface area contributed by atoms with Crippen molar-refractivity contribution in [2.75, 3.05) is 5.32 Å². The van der Waals surface area contributed by atoms with Gasteiger partial charge in [-0.1, -0.05) is 12.1 Å². The zero-order valence-corrected chi connectivity index (χ0v) is 10.8. The van der Waals surface area contributed by atoms with E-state index in [4.69, 9.17) is 5.26 Å². The van der Waals surface area contributed by atoms with Crippen molar-refractivity contribution >= 4 is 11.6 Å². The number of hydrogen-bond acceptors (Lipinski definition) is 3. The molecule has 1 aromatic heterocycles. The number of rotatable bonds is 3. The molecular weight excluding hydrogens is 240 g/mol. The monoisotopic (exact) mass is 254 g/mol. The summed E-state index contributed by atoms with van der Waals surface area (Å²) in [6.07, 6.45) is 0.274. The molecule has 2 N–H and O–H groups in total. The maximum absolute atomic E-state index is 11.9. The van der Waals surface area contributed by atoms with Gasteiger partial charge in [0, 0.05) is 0 Å². The summed E-state index contributed by atoms with van der Waals surface area (Å²) in [6.45, 7) is 3.69. The van der Waals surface area contributed by atoms with Crippen molar-refractivity contribution in [2.45, 2.75) is 20.3 Å². The van der Waals surface area contributed by atoms with Gasteiger partial charge in [-0.05, 0) is 31.5 Å². The highest BCUT2D eigenvalue weighted by Crippen LogP contribution is 2.16. The Morgan fingerprint density at radius 1 is 1.37 bits per heavy atom. The van der Waals surface area contributed by atoms with E-state index < -0.39 is 0 Å². The third kappa shape index (κ3) is 2.99. The zero-order valence-electron chi connectivity index (χ0n) is 10.8. The molecule has 2 rings (SSSR count). The molecule has 5 nitrogen and oxygen atoms in total. The van der Waals surface area contributed by atoms with E-state index in [1.165, 1.54) is 0 Å². The van der Waals surface area contributed by atoms with Crippen molar-refractivity contribution < 1.29 is 4.79 Å². The molecule has 1 aromatic carbocycles. The summed E-state index contributed by atoms with van der Waals surface area (Å²) in [5.41, 5.74) is 3.80. The Kier molecular flexibility index (Phi) is 3.62. The number of aromatic nitrogens is 2. The quantitative estimate of drug-likeness (QED) is 0.879. The minimum atomic E-state index is -0.0997. The lowest BCUT2D eigenvalue weighted by atomic mass is 10.1. The van der Waals surface area contributed by atoms with Gasteiger partial charge in [-0.3, -0.25) is 9.89 Å². The molecule has 0 saturated carbocycles. The van der Waals surface area contributed by atoms with Crippen molar-refractivity contribution in [2.24, 2.45) is 0 Å². The number of benzene rings is 1. The van der Waals surface area contributed by atoms with Crippen LogP contribution in [0.1, 0.15) is 22.5 Å². The van der Waals surface area contributed by atoms with Gasteiger partial charge in [0.15, 0.2) is 0 Å². The molecule has 0 aliphatic heterocycles. The van der Waals surface area contributed by atoms with E-state index in [2.05, 4.69) is 15.5 Å². The van der Waals surface area contributed by atoms with Gasteiger partial charge in [-0.2, -0.15) is 10.4 Å². The van der Waals surface area contributed by atoms with Crippen LogP contribution in [0.2, 0.25) is 0 Å². The topological polar surface area (TPSA) is 81.6 Å². The van der Waals surface area contributed by atoms with Crippen molar-refractivity contribution in [1.29, 1.82) is 5.26 Å². The second-order valence-electron chi connectivity index (χ2n) is 4.34. The lowest BCUT2D eigenvalue weighted by Gasteiger charge is -2.05. The number of carbonyl (C=O) groups excluding carboxylic acids is 1. The normalized spacial score (nSPS) is 9.95. The Morgan fingerprint density at radius 3 is 2.58 bits per heavy atom. The van der Waals surface area contributed by atoms with Gasteiger partial charge in [-0.15, -0.1) is 0 Å². The summed E-state index contributed by atoms with van der Waals surface area (Å²) in [5.74, 6) is -0.0997. The number of aromatic amines is 1. The molecule has 0 unspecified atom stereocenters. The van der Waals surface area contributed by atoms with Gasteiger partial charge in [0.05, 0.1) is 35.1 Å². The van der Waals surface area contributed by atoms with Crippen molar-refractivity contribution in [1.82, 2.24) is 10.2 Å². The molecule has 0 radical (unpaired) electrons. The predicted octanol–water partition coefficient (Wildman–Crippen LogP) is 2.08. The van der Waals surface area contributed by atoms with E-state index in [0.717, 1.165) is 22.6 Å². The summed E-state index contributed by atoms with van der Waals surface area (Å²) in [7, 11) is 0. The molecule has 0 bridgehead atoms. The van der Waals surface area contributed by atoms with E-state index in [1.54, 1.807) is 24.3 Å². The maximum Gasteiger partial charge on any atom is 0.228 e. The van der Waals surface area contributed by atoms with Crippen LogP contribution in [0.4, 0.5) is 5.69 Å². The highest BCUT2D eigenvalue weighted by atomic mass is 16.1. The van der Waals surface area contributed by atoms with Crippen molar-refractivity contribution in [3.05, 3.63) is 46.8 Å². The number of nitrogens with one attached hydrogen (secondary N) is 2. The fourth-order valence-electron chi connectivity index (χ4n) is 1.80. The SMILES string of the molecule is Cc1n[nH]c(C)c1NC(=O)Cc1ccc(C#N)cc1. The van der Waals surface area contributed by atoms with Crippen LogP contribution >= 0.6 is 0 Å². The Bertz CT molecular complexity index is 615. The summed E-state index contributed by atoms with van der Waals surface area (Å²) < 4.78 is 0. The van der Waals surface area contributed by atoms with Gasteiger partial charge < -0.3 is 5.32 Å². The zero-order chi connectivity index (χ0) is 13.8. The molecule has 0 saturated heterocycles. The third-order valence-corrected chi connectivity index (χ3v) is 2.84. The molecule has 19 heavy (non-hydrogen) atoms. The second kappa shape index (κ2) is 5.36. The molecule has 1 amide bonds. The smallest absolute Gasteiger partial charge is 0.228 e. The van der Waals surface area contributed by atoms with E-state index in [0.29, 0.717) is 5.56 Å². The first-order valence-corrected chi connectivity index (χ1v) is 5.90. The number of anilines is 1. The van der Waals surface area contributed by atoms with E-state index >= 15 is 0 Å². The molecule has 96 valence electrons. The van der Waals surface area contributed by atoms with Crippen LogP contribution in [-0.4, -0.2) is 16.1 Å². The number of aryl methyl sites for hydroxylation is 2. The minimum absolute atomic E-state index is 0.0997. The summed E-state index contributed by atoms with van der Waals surface area (Å²) in [4.78, 5) is 11.9. The molecule has 0 aliphatic rings. The largest absolute Gasteiger partial charge is 0.323 e. The standard InChI is InChI=1S/C14H14N4O/c1-9-14(10(2)18-17-9)16-13(19)7-11-3-5-12(8-15)6-4-11/h3-6H,7H2,1-2H3,(H,16,19)(H,17,18). The van der Waals surface area contributed by atoms with E-state index in [9.17, 15) is 4.79 Å². The number of amides is 1. The fourth-order valence-corrected chi connectivity index (χ4v) is 1.80. The van der Waals surface area contributed by atoms with Crippen LogP contribution in [-0.2, 0) is 11.2 Å². The number of nitriles is 1. The molecular formula is C14H14N4O. The van der Waals surface area contributed by atoms with E-state index in [1.807, 2.05) is 19.9 Å². The summed E-state index contributed by atoms with van der Waals surface area (Å²) >= 11 is 0. The lowest BCUT2D eigenvalue weighted by Crippen LogP contribution is -2.15. The molecule has 0 atom stereocenters. The number of H-pyrrole nitrogens is 1. The molecule has 0 fully saturated rings. The Morgan fingerprint density at radius 2 is 2.05 bits per heavy atom. The molecule has 5 heteroatoms. The second-order valence-corrected chi connectivity index (χ2v) is 4.34. The first-order valence-electron chi connectivity index (χ1n) is 5.90. The Hall–Kier alpha value is -2.61. The third-order valence-electron chi connectivity index (χ3n) is 2.84. The lowest BCUT2D eigenvalue weighted by molar-refractivity contribution is -0.115. The molecule has 0 aliphatic carbocycles. The average Bonchev–Trinajstić information content (AvgIpc) is 2.71. The maximum atomic E-state index is 11.9. The minimum Gasteiger partial charge on any atom is -0.323 e. The highest BCUT2D eigenvalue weighted by molar-refractivity contribution is 5.93. The van der Waals surface area contributed by atoms with Crippen LogP contribution in [0.25, 0.3) is 0 Å². The summed E-state index contributed by atoms with van der Waals surface area (Å²) in [6, 6.07) is 9.03. The van der Waals surface area contributed by atoms with Crippen LogP contribution < -0.4 is 5.32 Å².